The van der Waals surface area contributed by atoms with E-state index in [9.17, 15) is 26.3 Å². The van der Waals surface area contributed by atoms with Crippen molar-refractivity contribution in [1.29, 1.82) is 0 Å². The lowest BCUT2D eigenvalue weighted by atomic mass is 10.1. The Morgan fingerprint density at radius 1 is 1.15 bits per heavy atom. The van der Waals surface area contributed by atoms with E-state index in [1.807, 2.05) is 0 Å². The van der Waals surface area contributed by atoms with Crippen molar-refractivity contribution in [2.24, 2.45) is 0 Å². The van der Waals surface area contributed by atoms with Crippen LogP contribution in [0.2, 0.25) is 0 Å². The fourth-order valence-electron chi connectivity index (χ4n) is 1.47. The Bertz CT molecular complexity index is 469. The minimum absolute atomic E-state index is 0.0633. The van der Waals surface area contributed by atoms with Crippen molar-refractivity contribution in [2.75, 3.05) is 5.73 Å². The van der Waals surface area contributed by atoms with Gasteiger partial charge in [-0.15, -0.1) is 0 Å². The summed E-state index contributed by atoms with van der Waals surface area (Å²) < 4.78 is 77.6. The minimum Gasteiger partial charge on any atom is -0.398 e. The number of hydrogen-bond acceptors (Lipinski definition) is 3. The number of aromatic nitrogens is 1. The van der Waals surface area contributed by atoms with Gasteiger partial charge in [0.05, 0.1) is 12.3 Å². The highest BCUT2D eigenvalue weighted by molar-refractivity contribution is 5.53. The molecule has 0 atom stereocenters. The van der Waals surface area contributed by atoms with Crippen LogP contribution < -0.4 is 5.73 Å². The van der Waals surface area contributed by atoms with Crippen molar-refractivity contribution in [1.82, 2.24) is 4.98 Å². The van der Waals surface area contributed by atoms with Crippen LogP contribution >= 0.6 is 0 Å². The molecule has 0 fully saturated rings. The molecule has 1 rings (SSSR count). The molecule has 114 valence electrons. The zero-order valence-corrected chi connectivity index (χ0v) is 10.6. The van der Waals surface area contributed by atoms with Gasteiger partial charge in [0, 0.05) is 11.9 Å². The molecular weight excluding hydrogens is 290 g/mol. The molecule has 0 saturated carbocycles. The van der Waals surface area contributed by atoms with E-state index in [-0.39, 0.29) is 11.4 Å². The van der Waals surface area contributed by atoms with Crippen molar-refractivity contribution >= 4 is 5.69 Å². The van der Waals surface area contributed by atoms with E-state index in [0.717, 1.165) is 0 Å². The van der Waals surface area contributed by atoms with E-state index in [0.29, 0.717) is 11.1 Å². The summed E-state index contributed by atoms with van der Waals surface area (Å²) in [6, 6.07) is 0. The van der Waals surface area contributed by atoms with Gasteiger partial charge in [0.1, 0.15) is 0 Å². The smallest absolute Gasteiger partial charge is 0.398 e. The first-order valence-electron chi connectivity index (χ1n) is 5.40. The molecule has 0 aromatic carbocycles. The van der Waals surface area contributed by atoms with Gasteiger partial charge in [0.15, 0.2) is 0 Å². The van der Waals surface area contributed by atoms with Crippen LogP contribution in [-0.4, -0.2) is 23.4 Å². The zero-order chi connectivity index (χ0) is 15.7. The second-order valence-corrected chi connectivity index (χ2v) is 4.20. The topological polar surface area (TPSA) is 48.1 Å². The second-order valence-electron chi connectivity index (χ2n) is 4.20. The number of rotatable bonds is 3. The largest absolute Gasteiger partial charge is 0.423 e. The monoisotopic (exact) mass is 302 g/mol. The Kier molecular flexibility index (Phi) is 4.52. The molecule has 0 bridgehead atoms. The lowest BCUT2D eigenvalue weighted by Crippen LogP contribution is -2.44. The summed E-state index contributed by atoms with van der Waals surface area (Å²) in [4.78, 5) is 3.74. The van der Waals surface area contributed by atoms with Crippen LogP contribution in [0.3, 0.4) is 0 Å². The van der Waals surface area contributed by atoms with E-state index in [1.165, 1.54) is 13.1 Å². The van der Waals surface area contributed by atoms with Gasteiger partial charge >= 0.3 is 12.4 Å². The molecule has 0 saturated heterocycles. The fraction of sp³-hybridized carbons (Fsp3) is 0.545. The first-order valence-corrected chi connectivity index (χ1v) is 5.40. The maximum atomic E-state index is 12.3. The molecule has 9 heteroatoms. The molecule has 1 aromatic heterocycles. The fourth-order valence-corrected chi connectivity index (χ4v) is 1.47. The summed E-state index contributed by atoms with van der Waals surface area (Å²) >= 11 is 0. The van der Waals surface area contributed by atoms with Crippen LogP contribution in [0.1, 0.15) is 16.8 Å². The molecule has 0 spiro atoms. The molecule has 0 aliphatic rings. The highest BCUT2D eigenvalue weighted by atomic mass is 19.4. The summed E-state index contributed by atoms with van der Waals surface area (Å²) in [5, 5.41) is 0. The number of alkyl halides is 6. The maximum Gasteiger partial charge on any atom is 0.423 e. The van der Waals surface area contributed by atoms with Crippen molar-refractivity contribution in [3.63, 3.8) is 0 Å². The van der Waals surface area contributed by atoms with Crippen LogP contribution in [0.15, 0.2) is 6.20 Å². The molecule has 0 amide bonds. The first kappa shape index (κ1) is 16.5. The summed E-state index contributed by atoms with van der Waals surface area (Å²) in [5.41, 5.74) is 6.69. The number of hydrogen-bond donors (Lipinski definition) is 1. The van der Waals surface area contributed by atoms with E-state index in [2.05, 4.69) is 9.72 Å². The number of pyridine rings is 1. The molecule has 0 unspecified atom stereocenters. The number of nitrogens with zero attached hydrogens (tertiary/aromatic N) is 1. The second kappa shape index (κ2) is 5.47. The van der Waals surface area contributed by atoms with Gasteiger partial charge in [-0.1, -0.05) is 0 Å². The van der Waals surface area contributed by atoms with Gasteiger partial charge in [0.2, 0.25) is 6.10 Å². The molecule has 0 aliphatic carbocycles. The Balaban J connectivity index is 2.92. The average Bonchev–Trinajstić information content (AvgIpc) is 2.25. The van der Waals surface area contributed by atoms with Crippen LogP contribution in [0.25, 0.3) is 0 Å². The third kappa shape index (κ3) is 3.75. The molecular formula is C11H12F6N2O. The molecule has 1 aromatic rings. The molecule has 20 heavy (non-hydrogen) atoms. The summed E-state index contributed by atoms with van der Waals surface area (Å²) in [6.45, 7) is 2.14. The molecule has 0 aliphatic heterocycles. The van der Waals surface area contributed by atoms with Crippen molar-refractivity contribution in [3.05, 3.63) is 23.0 Å². The van der Waals surface area contributed by atoms with E-state index in [1.54, 1.807) is 6.92 Å². The van der Waals surface area contributed by atoms with Gasteiger partial charge in [-0.3, -0.25) is 4.98 Å². The predicted octanol–water partition coefficient (Wildman–Crippen LogP) is 3.29. The molecule has 3 nitrogen and oxygen atoms in total. The SMILES string of the molecule is Cc1cnc(COC(C(F)(F)F)C(F)(F)F)c(C)c1N. The van der Waals surface area contributed by atoms with Crippen molar-refractivity contribution < 1.29 is 31.1 Å². The van der Waals surface area contributed by atoms with E-state index < -0.39 is 25.1 Å². The van der Waals surface area contributed by atoms with Gasteiger partial charge in [-0.2, -0.15) is 26.3 Å². The third-order valence-electron chi connectivity index (χ3n) is 2.66. The number of ether oxygens (including phenoxy) is 1. The molecule has 1 heterocycles. The normalized spacial score (nSPS) is 13.1. The van der Waals surface area contributed by atoms with Crippen molar-refractivity contribution in [3.8, 4) is 0 Å². The number of halogens is 6. The number of nitrogens with two attached hydrogens (primary N) is 1. The number of nitrogen functional groups attached to an aromatic ring is 1. The predicted molar refractivity (Wildman–Crippen MR) is 58.8 cm³/mol. The molecule has 0 radical (unpaired) electrons. The maximum absolute atomic E-state index is 12.3. The third-order valence-corrected chi connectivity index (χ3v) is 2.66. The van der Waals surface area contributed by atoms with Crippen molar-refractivity contribution in [2.45, 2.75) is 38.9 Å². The Hall–Kier alpha value is -1.51. The Morgan fingerprint density at radius 3 is 2.10 bits per heavy atom. The summed E-state index contributed by atoms with van der Waals surface area (Å²) in [5.74, 6) is 0. The standard InChI is InChI=1S/C11H12F6N2O/c1-5-3-19-7(6(2)8(5)18)4-20-9(10(12,13)14)11(15,16)17/h3,9H,4H2,1-2H3,(H2,18,19). The highest BCUT2D eigenvalue weighted by Gasteiger charge is 2.58. The first-order chi connectivity index (χ1) is 8.94. The molecule has 2 N–H and O–H groups in total. The van der Waals surface area contributed by atoms with Crippen LogP contribution in [0, 0.1) is 13.8 Å². The van der Waals surface area contributed by atoms with Crippen LogP contribution in [0.4, 0.5) is 32.0 Å². The zero-order valence-electron chi connectivity index (χ0n) is 10.6. The van der Waals surface area contributed by atoms with Gasteiger partial charge in [-0.05, 0) is 25.0 Å². The lowest BCUT2D eigenvalue weighted by Gasteiger charge is -2.23. The van der Waals surface area contributed by atoms with E-state index in [4.69, 9.17) is 5.73 Å². The minimum atomic E-state index is -5.54. The van der Waals surface area contributed by atoms with Gasteiger partial charge < -0.3 is 10.5 Å². The average molecular weight is 302 g/mol. The number of anilines is 1. The highest BCUT2D eigenvalue weighted by Crippen LogP contribution is 2.36. The van der Waals surface area contributed by atoms with E-state index >= 15 is 0 Å². The Labute approximate surface area is 110 Å². The Morgan fingerprint density at radius 2 is 1.65 bits per heavy atom. The van der Waals surface area contributed by atoms with Gasteiger partial charge in [-0.25, -0.2) is 0 Å². The number of aryl methyl sites for hydroxylation is 1. The van der Waals surface area contributed by atoms with Crippen LogP contribution in [0.5, 0.6) is 0 Å². The van der Waals surface area contributed by atoms with Crippen LogP contribution in [-0.2, 0) is 11.3 Å². The summed E-state index contributed by atoms with van der Waals surface area (Å²) in [6.07, 6.45) is -13.7. The summed E-state index contributed by atoms with van der Waals surface area (Å²) in [7, 11) is 0. The quantitative estimate of drug-likeness (QED) is 0.872. The van der Waals surface area contributed by atoms with Gasteiger partial charge in [0.25, 0.3) is 0 Å². The lowest BCUT2D eigenvalue weighted by molar-refractivity contribution is -0.324.